The van der Waals surface area contributed by atoms with Crippen LogP contribution in [0.3, 0.4) is 0 Å². The fourth-order valence-electron chi connectivity index (χ4n) is 1.49. The van der Waals surface area contributed by atoms with Crippen molar-refractivity contribution in [3.8, 4) is 0 Å². The lowest BCUT2D eigenvalue weighted by molar-refractivity contribution is -0.143. The highest BCUT2D eigenvalue weighted by Crippen LogP contribution is 2.04. The molecule has 0 saturated heterocycles. The van der Waals surface area contributed by atoms with Gasteiger partial charge in [-0.2, -0.15) is 0 Å². The molecule has 0 saturated carbocycles. The molecular weight excluding hydrogens is 204 g/mol. The van der Waals surface area contributed by atoms with Crippen molar-refractivity contribution >= 4 is 5.97 Å². The quantitative estimate of drug-likeness (QED) is 0.680. The predicted octanol–water partition coefficient (Wildman–Crippen LogP) is 0.319. The number of esters is 1. The molecule has 0 aliphatic heterocycles. The van der Waals surface area contributed by atoms with Crippen molar-refractivity contribution < 1.29 is 9.53 Å². The predicted molar refractivity (Wildman–Crippen MR) is 63.0 cm³/mol. The summed E-state index contributed by atoms with van der Waals surface area (Å²) in [6, 6.07) is 9.50. The molecule has 0 aliphatic carbocycles. The number of hydrogen-bond donors (Lipinski definition) is 2. The fourth-order valence-corrected chi connectivity index (χ4v) is 1.49. The highest BCUT2D eigenvalue weighted by molar-refractivity contribution is 5.76. The Morgan fingerprint density at radius 1 is 1.44 bits per heavy atom. The second-order valence-electron chi connectivity index (χ2n) is 3.51. The minimum absolute atomic E-state index is 0.252. The van der Waals surface area contributed by atoms with E-state index in [-0.39, 0.29) is 12.0 Å². The molecule has 0 bridgehead atoms. The van der Waals surface area contributed by atoms with E-state index in [4.69, 9.17) is 10.5 Å². The molecule has 4 heteroatoms. The molecule has 88 valence electrons. The summed E-state index contributed by atoms with van der Waals surface area (Å²) in [6.07, 6.45) is 0.619. The summed E-state index contributed by atoms with van der Waals surface area (Å²) in [7, 11) is 1.39. The zero-order valence-electron chi connectivity index (χ0n) is 9.48. The van der Waals surface area contributed by atoms with E-state index in [1.807, 2.05) is 30.3 Å². The third-order valence-electron chi connectivity index (χ3n) is 2.30. The maximum atomic E-state index is 11.5. The number of carbonyl (C=O) groups is 1. The fraction of sp³-hybridized carbons (Fsp3) is 0.417. The van der Waals surface area contributed by atoms with E-state index in [1.165, 1.54) is 7.11 Å². The average molecular weight is 222 g/mol. The van der Waals surface area contributed by atoms with Crippen molar-refractivity contribution in [2.45, 2.75) is 12.5 Å². The van der Waals surface area contributed by atoms with Crippen LogP contribution < -0.4 is 11.1 Å². The molecule has 4 nitrogen and oxygen atoms in total. The molecular formula is C12H18N2O2. The molecule has 0 amide bonds. The van der Waals surface area contributed by atoms with Crippen LogP contribution in [0.5, 0.6) is 0 Å². The molecule has 1 rings (SSSR count). The molecule has 0 spiro atoms. The van der Waals surface area contributed by atoms with Gasteiger partial charge in [-0.25, -0.2) is 0 Å². The first kappa shape index (κ1) is 12.7. The molecule has 0 heterocycles. The van der Waals surface area contributed by atoms with Crippen LogP contribution in [0.25, 0.3) is 0 Å². The van der Waals surface area contributed by atoms with Crippen molar-refractivity contribution in [2.75, 3.05) is 20.2 Å². The Kier molecular flexibility index (Phi) is 5.53. The molecule has 0 radical (unpaired) electrons. The highest BCUT2D eigenvalue weighted by atomic mass is 16.5. The van der Waals surface area contributed by atoms with Gasteiger partial charge in [0.15, 0.2) is 0 Å². The van der Waals surface area contributed by atoms with E-state index in [2.05, 4.69) is 5.32 Å². The molecule has 1 aromatic carbocycles. The first-order chi connectivity index (χ1) is 7.77. The van der Waals surface area contributed by atoms with Crippen LogP contribution in [0.2, 0.25) is 0 Å². The summed E-state index contributed by atoms with van der Waals surface area (Å²) < 4.78 is 4.74. The van der Waals surface area contributed by atoms with Crippen LogP contribution in [-0.4, -0.2) is 32.2 Å². The number of ether oxygens (including phenoxy) is 1. The second kappa shape index (κ2) is 6.98. The van der Waals surface area contributed by atoms with Crippen LogP contribution in [0.1, 0.15) is 5.56 Å². The Labute approximate surface area is 95.8 Å². The van der Waals surface area contributed by atoms with Gasteiger partial charge in [0.05, 0.1) is 7.11 Å². The van der Waals surface area contributed by atoms with E-state index in [1.54, 1.807) is 0 Å². The Hall–Kier alpha value is -1.39. The number of carbonyl (C=O) groups excluding carboxylic acids is 1. The van der Waals surface area contributed by atoms with Gasteiger partial charge in [0.25, 0.3) is 0 Å². The lowest BCUT2D eigenvalue weighted by Gasteiger charge is -2.15. The average Bonchev–Trinajstić information content (AvgIpc) is 2.34. The van der Waals surface area contributed by atoms with Gasteiger partial charge < -0.3 is 15.8 Å². The SMILES string of the molecule is COC(=O)C(Cc1ccccc1)NCCN. The summed E-state index contributed by atoms with van der Waals surface area (Å²) >= 11 is 0. The van der Waals surface area contributed by atoms with Gasteiger partial charge in [0.1, 0.15) is 6.04 Å². The van der Waals surface area contributed by atoms with Crippen LogP contribution in [-0.2, 0) is 16.0 Å². The molecule has 0 fully saturated rings. The molecule has 1 atom stereocenters. The summed E-state index contributed by atoms with van der Waals surface area (Å²) in [5, 5.41) is 3.07. The molecule has 16 heavy (non-hydrogen) atoms. The van der Waals surface area contributed by atoms with E-state index in [0.29, 0.717) is 19.5 Å². The molecule has 0 aliphatic rings. The first-order valence-electron chi connectivity index (χ1n) is 5.33. The first-order valence-corrected chi connectivity index (χ1v) is 5.33. The van der Waals surface area contributed by atoms with Gasteiger partial charge in [-0.3, -0.25) is 4.79 Å². The van der Waals surface area contributed by atoms with Gasteiger partial charge in [-0.1, -0.05) is 30.3 Å². The lowest BCUT2D eigenvalue weighted by Crippen LogP contribution is -2.41. The van der Waals surface area contributed by atoms with Gasteiger partial charge in [-0.05, 0) is 12.0 Å². The van der Waals surface area contributed by atoms with Crippen molar-refractivity contribution in [1.82, 2.24) is 5.32 Å². The zero-order valence-corrected chi connectivity index (χ0v) is 9.48. The van der Waals surface area contributed by atoms with Crippen molar-refractivity contribution in [3.05, 3.63) is 35.9 Å². The molecule has 1 unspecified atom stereocenters. The lowest BCUT2D eigenvalue weighted by atomic mass is 10.1. The van der Waals surface area contributed by atoms with E-state index >= 15 is 0 Å². The van der Waals surface area contributed by atoms with Gasteiger partial charge in [0, 0.05) is 13.1 Å². The minimum Gasteiger partial charge on any atom is -0.468 e. The normalized spacial score (nSPS) is 12.1. The number of methoxy groups -OCH3 is 1. The number of rotatable bonds is 6. The second-order valence-corrected chi connectivity index (χ2v) is 3.51. The molecule has 3 N–H and O–H groups in total. The molecule has 1 aromatic rings. The standard InChI is InChI=1S/C12H18N2O2/c1-16-12(15)11(14-8-7-13)9-10-5-3-2-4-6-10/h2-6,11,14H,7-9,13H2,1H3. The van der Waals surface area contributed by atoms with Gasteiger partial charge in [0.2, 0.25) is 0 Å². The summed E-state index contributed by atoms with van der Waals surface area (Å²) in [4.78, 5) is 11.5. The monoisotopic (exact) mass is 222 g/mol. The van der Waals surface area contributed by atoms with E-state index in [0.717, 1.165) is 5.56 Å². The van der Waals surface area contributed by atoms with Crippen molar-refractivity contribution in [1.29, 1.82) is 0 Å². The van der Waals surface area contributed by atoms with Crippen molar-refractivity contribution in [2.24, 2.45) is 5.73 Å². The van der Waals surface area contributed by atoms with Crippen LogP contribution >= 0.6 is 0 Å². The third kappa shape index (κ3) is 4.00. The topological polar surface area (TPSA) is 64.3 Å². The number of benzene rings is 1. The summed E-state index contributed by atoms with van der Waals surface area (Å²) in [6.45, 7) is 1.11. The number of hydrogen-bond acceptors (Lipinski definition) is 4. The Morgan fingerprint density at radius 3 is 2.69 bits per heavy atom. The summed E-state index contributed by atoms with van der Waals surface area (Å²) in [5.41, 5.74) is 6.50. The maximum absolute atomic E-state index is 11.5. The van der Waals surface area contributed by atoms with E-state index in [9.17, 15) is 4.79 Å². The van der Waals surface area contributed by atoms with Crippen molar-refractivity contribution in [3.63, 3.8) is 0 Å². The zero-order chi connectivity index (χ0) is 11.8. The maximum Gasteiger partial charge on any atom is 0.323 e. The third-order valence-corrected chi connectivity index (χ3v) is 2.30. The minimum atomic E-state index is -0.323. The largest absolute Gasteiger partial charge is 0.468 e. The highest BCUT2D eigenvalue weighted by Gasteiger charge is 2.18. The smallest absolute Gasteiger partial charge is 0.323 e. The molecule has 0 aromatic heterocycles. The number of nitrogens with two attached hydrogens (primary N) is 1. The van der Waals surface area contributed by atoms with E-state index < -0.39 is 0 Å². The van der Waals surface area contributed by atoms with Crippen LogP contribution in [0.4, 0.5) is 0 Å². The van der Waals surface area contributed by atoms with Crippen LogP contribution in [0.15, 0.2) is 30.3 Å². The Morgan fingerprint density at radius 2 is 2.12 bits per heavy atom. The number of nitrogens with one attached hydrogen (secondary N) is 1. The van der Waals surface area contributed by atoms with Gasteiger partial charge in [-0.15, -0.1) is 0 Å². The van der Waals surface area contributed by atoms with Gasteiger partial charge >= 0.3 is 5.97 Å². The summed E-state index contributed by atoms with van der Waals surface area (Å²) in [5.74, 6) is -0.252. The Bertz CT molecular complexity index is 314. The Balaban J connectivity index is 2.59. The van der Waals surface area contributed by atoms with Crippen LogP contribution in [0, 0.1) is 0 Å².